The van der Waals surface area contributed by atoms with Crippen LogP contribution in [0.25, 0.3) is 0 Å². The summed E-state index contributed by atoms with van der Waals surface area (Å²) in [5, 5.41) is 2.82. The number of carbonyl (C=O) groups is 2. The third kappa shape index (κ3) is 5.40. The van der Waals surface area contributed by atoms with Crippen LogP contribution in [0.4, 0.5) is 0 Å². The van der Waals surface area contributed by atoms with Gasteiger partial charge in [-0.1, -0.05) is 25.5 Å². The third-order valence-electron chi connectivity index (χ3n) is 2.97. The fourth-order valence-corrected chi connectivity index (χ4v) is 1.86. The Morgan fingerprint density at radius 1 is 1.30 bits per heavy atom. The van der Waals surface area contributed by atoms with Crippen LogP contribution in [-0.2, 0) is 16.1 Å². The van der Waals surface area contributed by atoms with Crippen LogP contribution in [-0.4, -0.2) is 25.0 Å². The summed E-state index contributed by atoms with van der Waals surface area (Å²) in [6.07, 6.45) is 2.17. The van der Waals surface area contributed by atoms with Crippen LogP contribution in [0.1, 0.15) is 42.1 Å². The van der Waals surface area contributed by atoms with E-state index in [9.17, 15) is 9.59 Å². The van der Waals surface area contributed by atoms with Crippen LogP contribution in [0.15, 0.2) is 24.3 Å². The van der Waals surface area contributed by atoms with E-state index in [1.165, 1.54) is 7.11 Å². The fourth-order valence-electron chi connectivity index (χ4n) is 1.86. The van der Waals surface area contributed by atoms with Gasteiger partial charge in [0.25, 0.3) is 0 Å². The van der Waals surface area contributed by atoms with Crippen molar-refractivity contribution in [2.24, 2.45) is 5.73 Å². The summed E-state index contributed by atoms with van der Waals surface area (Å²) in [5.74, 6) is -0.422. The van der Waals surface area contributed by atoms with Crippen molar-refractivity contribution >= 4 is 11.9 Å². The molecule has 0 aromatic heterocycles. The molecule has 5 heteroatoms. The number of hydrogen-bond donors (Lipinski definition) is 2. The topological polar surface area (TPSA) is 81.4 Å². The Balaban J connectivity index is 2.42. The maximum Gasteiger partial charge on any atom is 0.337 e. The number of hydrogen-bond acceptors (Lipinski definition) is 4. The van der Waals surface area contributed by atoms with Gasteiger partial charge < -0.3 is 15.8 Å². The van der Waals surface area contributed by atoms with E-state index in [0.717, 1.165) is 18.4 Å². The molecule has 5 nitrogen and oxygen atoms in total. The zero-order chi connectivity index (χ0) is 15.0. The Kier molecular flexibility index (Phi) is 6.73. The molecule has 20 heavy (non-hydrogen) atoms. The van der Waals surface area contributed by atoms with Crippen molar-refractivity contribution in [3.05, 3.63) is 35.4 Å². The largest absolute Gasteiger partial charge is 0.465 e. The predicted molar refractivity (Wildman–Crippen MR) is 77.1 cm³/mol. The zero-order valence-electron chi connectivity index (χ0n) is 12.0. The summed E-state index contributed by atoms with van der Waals surface area (Å²) < 4.78 is 4.62. The van der Waals surface area contributed by atoms with E-state index in [1.807, 2.05) is 6.92 Å². The van der Waals surface area contributed by atoms with Crippen LogP contribution in [0.5, 0.6) is 0 Å². The van der Waals surface area contributed by atoms with Gasteiger partial charge in [-0.25, -0.2) is 4.79 Å². The summed E-state index contributed by atoms with van der Waals surface area (Å²) in [5.41, 5.74) is 7.23. The number of rotatable bonds is 7. The lowest BCUT2D eigenvalue weighted by Crippen LogP contribution is -2.31. The van der Waals surface area contributed by atoms with Gasteiger partial charge in [0.15, 0.2) is 0 Å². The van der Waals surface area contributed by atoms with Gasteiger partial charge >= 0.3 is 5.97 Å². The maximum atomic E-state index is 11.7. The summed E-state index contributed by atoms with van der Waals surface area (Å²) in [6.45, 7) is 2.47. The smallest absolute Gasteiger partial charge is 0.337 e. The minimum Gasteiger partial charge on any atom is -0.465 e. The highest BCUT2D eigenvalue weighted by Crippen LogP contribution is 2.06. The second kappa shape index (κ2) is 8.32. The number of methoxy groups -OCH3 is 1. The molecule has 0 bridgehead atoms. The molecule has 0 spiro atoms. The van der Waals surface area contributed by atoms with E-state index in [2.05, 4.69) is 10.1 Å². The second-order valence-corrected chi connectivity index (χ2v) is 4.72. The molecule has 1 atom stereocenters. The lowest BCUT2D eigenvalue weighted by molar-refractivity contribution is -0.121. The van der Waals surface area contributed by atoms with E-state index in [1.54, 1.807) is 24.3 Å². The van der Waals surface area contributed by atoms with Gasteiger partial charge in [0.1, 0.15) is 0 Å². The molecule has 1 aromatic rings. The van der Waals surface area contributed by atoms with Crippen molar-refractivity contribution in [2.45, 2.75) is 38.8 Å². The average Bonchev–Trinajstić information content (AvgIpc) is 2.45. The Hall–Kier alpha value is -1.88. The standard InChI is InChI=1S/C15H22N2O3/c1-3-4-13(16)9-14(18)17-10-11-5-7-12(8-6-11)15(19)20-2/h5-8,13H,3-4,9-10,16H2,1-2H3,(H,17,18). The van der Waals surface area contributed by atoms with E-state index >= 15 is 0 Å². The molecule has 0 fully saturated rings. The highest BCUT2D eigenvalue weighted by atomic mass is 16.5. The van der Waals surface area contributed by atoms with Crippen LogP contribution >= 0.6 is 0 Å². The van der Waals surface area contributed by atoms with Crippen LogP contribution < -0.4 is 11.1 Å². The van der Waals surface area contributed by atoms with Crippen LogP contribution in [0.3, 0.4) is 0 Å². The van der Waals surface area contributed by atoms with Crippen LogP contribution in [0, 0.1) is 0 Å². The highest BCUT2D eigenvalue weighted by molar-refractivity contribution is 5.89. The first-order chi connectivity index (χ1) is 9.56. The molecule has 1 rings (SSSR count). The Labute approximate surface area is 119 Å². The number of nitrogens with one attached hydrogen (secondary N) is 1. The van der Waals surface area contributed by atoms with Crippen molar-refractivity contribution in [3.8, 4) is 0 Å². The van der Waals surface area contributed by atoms with Crippen molar-refractivity contribution in [1.82, 2.24) is 5.32 Å². The summed E-state index contributed by atoms with van der Waals surface area (Å²) in [4.78, 5) is 22.9. The highest BCUT2D eigenvalue weighted by Gasteiger charge is 2.09. The summed E-state index contributed by atoms with van der Waals surface area (Å²) in [7, 11) is 1.34. The number of benzene rings is 1. The summed E-state index contributed by atoms with van der Waals surface area (Å²) >= 11 is 0. The number of ether oxygens (including phenoxy) is 1. The minimum absolute atomic E-state index is 0.0528. The number of nitrogens with two attached hydrogens (primary N) is 1. The van der Waals surface area contributed by atoms with Crippen molar-refractivity contribution < 1.29 is 14.3 Å². The van der Waals surface area contributed by atoms with E-state index in [0.29, 0.717) is 18.5 Å². The van der Waals surface area contributed by atoms with Gasteiger partial charge in [0, 0.05) is 19.0 Å². The van der Waals surface area contributed by atoms with Gasteiger partial charge in [-0.05, 0) is 24.1 Å². The Bertz CT molecular complexity index is 443. The lowest BCUT2D eigenvalue weighted by Gasteiger charge is -2.10. The molecular weight excluding hydrogens is 256 g/mol. The molecular formula is C15H22N2O3. The zero-order valence-corrected chi connectivity index (χ0v) is 12.0. The van der Waals surface area contributed by atoms with Gasteiger partial charge in [-0.15, -0.1) is 0 Å². The van der Waals surface area contributed by atoms with Gasteiger partial charge in [-0.2, -0.15) is 0 Å². The maximum absolute atomic E-state index is 11.7. The number of carbonyl (C=O) groups excluding carboxylic acids is 2. The molecule has 110 valence electrons. The van der Waals surface area contributed by atoms with E-state index in [4.69, 9.17) is 5.73 Å². The Morgan fingerprint density at radius 2 is 1.95 bits per heavy atom. The molecule has 0 aliphatic heterocycles. The number of amides is 1. The van der Waals surface area contributed by atoms with Crippen LogP contribution in [0.2, 0.25) is 0 Å². The molecule has 0 aliphatic carbocycles. The first-order valence-corrected chi connectivity index (χ1v) is 6.76. The van der Waals surface area contributed by atoms with Gasteiger partial charge in [0.05, 0.1) is 12.7 Å². The molecule has 1 aromatic carbocycles. The van der Waals surface area contributed by atoms with Crippen molar-refractivity contribution in [3.63, 3.8) is 0 Å². The second-order valence-electron chi connectivity index (χ2n) is 4.72. The summed E-state index contributed by atoms with van der Waals surface area (Å²) in [6, 6.07) is 6.85. The van der Waals surface area contributed by atoms with E-state index < -0.39 is 0 Å². The molecule has 3 N–H and O–H groups in total. The SMILES string of the molecule is CCCC(N)CC(=O)NCc1ccc(C(=O)OC)cc1. The van der Waals surface area contributed by atoms with E-state index in [-0.39, 0.29) is 17.9 Å². The fraction of sp³-hybridized carbons (Fsp3) is 0.467. The normalized spacial score (nSPS) is 11.8. The number of esters is 1. The van der Waals surface area contributed by atoms with Gasteiger partial charge in [0.2, 0.25) is 5.91 Å². The first kappa shape index (κ1) is 16.2. The molecule has 0 heterocycles. The molecule has 0 aliphatic rings. The molecule has 1 unspecified atom stereocenters. The minimum atomic E-state index is -0.369. The molecule has 0 saturated carbocycles. The quantitative estimate of drug-likeness (QED) is 0.742. The molecule has 1 amide bonds. The monoisotopic (exact) mass is 278 g/mol. The molecule has 0 radical (unpaired) electrons. The van der Waals surface area contributed by atoms with Crippen molar-refractivity contribution in [1.29, 1.82) is 0 Å². The lowest BCUT2D eigenvalue weighted by atomic mass is 10.1. The first-order valence-electron chi connectivity index (χ1n) is 6.76. The average molecular weight is 278 g/mol. The predicted octanol–water partition coefficient (Wildman–Crippen LogP) is 1.61. The molecule has 0 saturated heterocycles. The van der Waals surface area contributed by atoms with Gasteiger partial charge in [-0.3, -0.25) is 4.79 Å². The Morgan fingerprint density at radius 3 is 2.50 bits per heavy atom. The third-order valence-corrected chi connectivity index (χ3v) is 2.97. The van der Waals surface area contributed by atoms with Crippen molar-refractivity contribution in [2.75, 3.05) is 7.11 Å².